The number of aryl methyl sites for hydroxylation is 1. The topological polar surface area (TPSA) is 47.0 Å². The van der Waals surface area contributed by atoms with Gasteiger partial charge in [-0.3, -0.25) is 0 Å². The van der Waals surface area contributed by atoms with Crippen molar-refractivity contribution < 1.29 is 4.74 Å². The fraction of sp³-hybridized carbons (Fsp3) is 0.600. The summed E-state index contributed by atoms with van der Waals surface area (Å²) < 4.78 is 5.05. The van der Waals surface area contributed by atoms with Crippen molar-refractivity contribution in [1.29, 1.82) is 0 Å². The molecule has 0 amide bonds. The monoisotopic (exact) mass is 229 g/mol. The molecule has 1 atom stereocenters. The van der Waals surface area contributed by atoms with E-state index in [0.29, 0.717) is 5.92 Å². The van der Waals surface area contributed by atoms with Crippen molar-refractivity contribution in [2.24, 2.45) is 5.92 Å². The number of nitrogens with zero attached hydrogens (tertiary/aromatic N) is 2. The number of methoxy groups -OCH3 is 1. The number of hydrogen-bond donors (Lipinski definition) is 1. The standard InChI is InChI=1S/C10H16ClN3O/c1-7(6-15-3)4-12-9-8(2)5-13-10(11)14-9/h5,7H,4,6H2,1-3H3,(H,12,13,14). The van der Waals surface area contributed by atoms with Crippen molar-refractivity contribution in [3.05, 3.63) is 17.0 Å². The first-order chi connectivity index (χ1) is 7.13. The molecule has 0 aromatic carbocycles. The molecule has 1 aromatic heterocycles. The summed E-state index contributed by atoms with van der Waals surface area (Å²) in [4.78, 5) is 8.00. The van der Waals surface area contributed by atoms with E-state index in [2.05, 4.69) is 22.2 Å². The highest BCUT2D eigenvalue weighted by molar-refractivity contribution is 6.28. The molecule has 1 N–H and O–H groups in total. The van der Waals surface area contributed by atoms with Crippen molar-refractivity contribution in [2.75, 3.05) is 25.6 Å². The second kappa shape index (κ2) is 5.88. The molecule has 0 radical (unpaired) electrons. The van der Waals surface area contributed by atoms with Crippen molar-refractivity contribution in [2.45, 2.75) is 13.8 Å². The molecule has 0 aliphatic rings. The van der Waals surface area contributed by atoms with E-state index in [4.69, 9.17) is 16.3 Å². The van der Waals surface area contributed by atoms with E-state index in [-0.39, 0.29) is 5.28 Å². The summed E-state index contributed by atoms with van der Waals surface area (Å²) in [5.74, 6) is 1.22. The number of aromatic nitrogens is 2. The molecule has 1 unspecified atom stereocenters. The van der Waals surface area contributed by atoms with E-state index in [1.165, 1.54) is 0 Å². The third-order valence-electron chi connectivity index (χ3n) is 2.01. The first-order valence-corrected chi connectivity index (χ1v) is 5.23. The largest absolute Gasteiger partial charge is 0.384 e. The molecule has 5 heteroatoms. The minimum Gasteiger partial charge on any atom is -0.384 e. The SMILES string of the molecule is COCC(C)CNc1nc(Cl)ncc1C. The predicted octanol–water partition coefficient (Wildman–Crippen LogP) is 2.13. The van der Waals surface area contributed by atoms with E-state index in [9.17, 15) is 0 Å². The minimum atomic E-state index is 0.266. The van der Waals surface area contributed by atoms with Crippen LogP contribution < -0.4 is 5.32 Å². The summed E-state index contributed by atoms with van der Waals surface area (Å²) in [6.45, 7) is 5.58. The maximum absolute atomic E-state index is 5.71. The number of hydrogen-bond acceptors (Lipinski definition) is 4. The van der Waals surface area contributed by atoms with Crippen LogP contribution in [0.15, 0.2) is 6.20 Å². The molecule has 0 aliphatic heterocycles. The van der Waals surface area contributed by atoms with Crippen LogP contribution in [-0.4, -0.2) is 30.2 Å². The molecular weight excluding hydrogens is 214 g/mol. The summed E-state index contributed by atoms with van der Waals surface area (Å²) in [5.41, 5.74) is 0.990. The molecule has 0 bridgehead atoms. The van der Waals surface area contributed by atoms with Crippen LogP contribution >= 0.6 is 11.6 Å². The molecule has 84 valence electrons. The molecule has 0 aliphatic carbocycles. The molecule has 0 saturated carbocycles. The van der Waals surface area contributed by atoms with Gasteiger partial charge in [0.15, 0.2) is 0 Å². The van der Waals surface area contributed by atoms with Crippen molar-refractivity contribution in [3.63, 3.8) is 0 Å². The van der Waals surface area contributed by atoms with Gasteiger partial charge in [-0.1, -0.05) is 6.92 Å². The fourth-order valence-electron chi connectivity index (χ4n) is 1.21. The van der Waals surface area contributed by atoms with Crippen LogP contribution in [0.25, 0.3) is 0 Å². The Hall–Kier alpha value is -0.870. The summed E-state index contributed by atoms with van der Waals surface area (Å²) in [6, 6.07) is 0. The van der Waals surface area contributed by atoms with Crippen molar-refractivity contribution >= 4 is 17.4 Å². The summed E-state index contributed by atoms with van der Waals surface area (Å²) in [5, 5.41) is 3.49. The van der Waals surface area contributed by atoms with E-state index in [1.54, 1.807) is 13.3 Å². The third kappa shape index (κ3) is 4.01. The molecule has 0 saturated heterocycles. The van der Waals surface area contributed by atoms with Gasteiger partial charge in [0, 0.05) is 25.4 Å². The number of anilines is 1. The van der Waals surface area contributed by atoms with Gasteiger partial charge >= 0.3 is 0 Å². The van der Waals surface area contributed by atoms with Crippen molar-refractivity contribution in [1.82, 2.24) is 9.97 Å². The van der Waals surface area contributed by atoms with Crippen LogP contribution in [0, 0.1) is 12.8 Å². The fourth-order valence-corrected chi connectivity index (χ4v) is 1.35. The highest BCUT2D eigenvalue weighted by atomic mass is 35.5. The number of ether oxygens (including phenoxy) is 1. The highest BCUT2D eigenvalue weighted by Gasteiger charge is 2.05. The second-order valence-corrected chi connectivity index (χ2v) is 3.95. The van der Waals surface area contributed by atoms with Crippen LogP contribution in [0.5, 0.6) is 0 Å². The van der Waals surface area contributed by atoms with E-state index >= 15 is 0 Å². The first-order valence-electron chi connectivity index (χ1n) is 4.85. The lowest BCUT2D eigenvalue weighted by Crippen LogP contribution is -2.17. The summed E-state index contributed by atoms with van der Waals surface area (Å²) in [6.07, 6.45) is 1.71. The van der Waals surface area contributed by atoms with Gasteiger partial charge in [-0.15, -0.1) is 0 Å². The molecular formula is C10H16ClN3O. The Morgan fingerprint density at radius 3 is 3.00 bits per heavy atom. The molecule has 0 spiro atoms. The average Bonchev–Trinajstić information content (AvgIpc) is 2.20. The molecule has 1 rings (SSSR count). The van der Waals surface area contributed by atoms with E-state index in [0.717, 1.165) is 24.5 Å². The Bertz CT molecular complexity index is 320. The molecule has 1 heterocycles. The zero-order chi connectivity index (χ0) is 11.3. The molecule has 0 fully saturated rings. The second-order valence-electron chi connectivity index (χ2n) is 3.61. The quantitative estimate of drug-likeness (QED) is 0.786. The van der Waals surface area contributed by atoms with Gasteiger partial charge in [-0.2, -0.15) is 0 Å². The Kier molecular flexibility index (Phi) is 4.78. The normalized spacial score (nSPS) is 12.5. The van der Waals surface area contributed by atoms with Crippen molar-refractivity contribution in [3.8, 4) is 0 Å². The lowest BCUT2D eigenvalue weighted by Gasteiger charge is -2.13. The van der Waals surface area contributed by atoms with Crippen LogP contribution in [0.4, 0.5) is 5.82 Å². The lowest BCUT2D eigenvalue weighted by molar-refractivity contribution is 0.164. The van der Waals surface area contributed by atoms with Gasteiger partial charge in [0.25, 0.3) is 0 Å². The average molecular weight is 230 g/mol. The first kappa shape index (κ1) is 12.2. The van der Waals surface area contributed by atoms with Gasteiger partial charge in [0.2, 0.25) is 5.28 Å². The van der Waals surface area contributed by atoms with E-state index in [1.807, 2.05) is 6.92 Å². The maximum Gasteiger partial charge on any atom is 0.224 e. The zero-order valence-corrected chi connectivity index (χ0v) is 10.0. The molecule has 1 aromatic rings. The highest BCUT2D eigenvalue weighted by Crippen LogP contribution is 2.13. The van der Waals surface area contributed by atoms with E-state index < -0.39 is 0 Å². The van der Waals surface area contributed by atoms with Crippen LogP contribution in [0.3, 0.4) is 0 Å². The number of rotatable bonds is 5. The van der Waals surface area contributed by atoms with Crippen LogP contribution in [0.2, 0.25) is 5.28 Å². The van der Waals surface area contributed by atoms with Gasteiger partial charge < -0.3 is 10.1 Å². The molecule has 15 heavy (non-hydrogen) atoms. The predicted molar refractivity (Wildman–Crippen MR) is 61.3 cm³/mol. The Labute approximate surface area is 95.0 Å². The smallest absolute Gasteiger partial charge is 0.224 e. The summed E-state index contributed by atoms with van der Waals surface area (Å²) >= 11 is 5.71. The zero-order valence-electron chi connectivity index (χ0n) is 9.25. The number of nitrogens with one attached hydrogen (secondary N) is 1. The third-order valence-corrected chi connectivity index (χ3v) is 2.19. The van der Waals surface area contributed by atoms with Crippen LogP contribution in [-0.2, 0) is 4.74 Å². The Balaban J connectivity index is 2.53. The van der Waals surface area contributed by atoms with Gasteiger partial charge in [-0.05, 0) is 24.4 Å². The summed E-state index contributed by atoms with van der Waals surface area (Å²) in [7, 11) is 1.70. The molecule has 4 nitrogen and oxygen atoms in total. The number of halogens is 1. The van der Waals surface area contributed by atoms with Gasteiger partial charge in [-0.25, -0.2) is 9.97 Å². The minimum absolute atomic E-state index is 0.266. The lowest BCUT2D eigenvalue weighted by atomic mass is 10.2. The Morgan fingerprint density at radius 2 is 2.33 bits per heavy atom. The van der Waals surface area contributed by atoms with Crippen LogP contribution in [0.1, 0.15) is 12.5 Å². The maximum atomic E-state index is 5.71. The Morgan fingerprint density at radius 1 is 1.60 bits per heavy atom. The van der Waals surface area contributed by atoms with Gasteiger partial charge in [0.05, 0.1) is 6.61 Å². The van der Waals surface area contributed by atoms with Gasteiger partial charge in [0.1, 0.15) is 5.82 Å².